The molecular formula is C16H21BrNO3+. The molecule has 1 aromatic rings. The number of aliphatic hydroxyl groups excluding tert-OH is 2. The van der Waals surface area contributed by atoms with Crippen LogP contribution in [0.4, 0.5) is 0 Å². The van der Waals surface area contributed by atoms with Crippen LogP contribution in [0.25, 0.3) is 0 Å². The number of fused-ring (bicyclic) bond motifs is 1. The lowest BCUT2D eigenvalue weighted by Gasteiger charge is -2.35. The lowest BCUT2D eigenvalue weighted by Crippen LogP contribution is -2.54. The second kappa shape index (κ2) is 5.80. The molecule has 0 bridgehead atoms. The molecule has 0 spiro atoms. The van der Waals surface area contributed by atoms with E-state index in [1.165, 1.54) is 0 Å². The van der Waals surface area contributed by atoms with E-state index in [0.29, 0.717) is 11.0 Å². The Morgan fingerprint density at radius 1 is 1.24 bits per heavy atom. The second-order valence-corrected chi connectivity index (χ2v) is 7.25. The van der Waals surface area contributed by atoms with Crippen molar-refractivity contribution in [1.82, 2.24) is 0 Å². The number of Topliss-reactive ketones (excluding diaryl/α,β-unsaturated/α-hetero) is 1. The number of carbonyl (C=O) groups excluding carboxylic acids is 1. The first kappa shape index (κ1) is 15.2. The summed E-state index contributed by atoms with van der Waals surface area (Å²) in [5, 5.41) is 19.8. The Labute approximate surface area is 133 Å². The fourth-order valence-electron chi connectivity index (χ4n) is 4.17. The van der Waals surface area contributed by atoms with Gasteiger partial charge in [0.25, 0.3) is 0 Å². The van der Waals surface area contributed by atoms with E-state index >= 15 is 0 Å². The Bertz CT molecular complexity index is 533. The third-order valence-electron chi connectivity index (χ3n) is 5.18. The van der Waals surface area contributed by atoms with E-state index in [9.17, 15) is 15.0 Å². The minimum absolute atomic E-state index is 0.0226. The van der Waals surface area contributed by atoms with E-state index in [1.54, 1.807) is 0 Å². The van der Waals surface area contributed by atoms with Crippen molar-refractivity contribution in [3.8, 4) is 0 Å². The van der Waals surface area contributed by atoms with Crippen LogP contribution in [0.1, 0.15) is 23.2 Å². The fourth-order valence-corrected chi connectivity index (χ4v) is 4.43. The van der Waals surface area contributed by atoms with Gasteiger partial charge in [0.2, 0.25) is 5.78 Å². The molecule has 1 aromatic carbocycles. The number of hydrogen-bond acceptors (Lipinski definition) is 3. The molecule has 2 aliphatic rings. The molecule has 4 nitrogen and oxygen atoms in total. The van der Waals surface area contributed by atoms with Crippen LogP contribution in [0, 0.1) is 5.92 Å². The van der Waals surface area contributed by atoms with E-state index in [0.717, 1.165) is 36.0 Å². The number of carbonyl (C=O) groups is 1. The lowest BCUT2D eigenvalue weighted by atomic mass is 9.97. The third kappa shape index (κ3) is 2.68. The molecule has 3 rings (SSSR count). The average molecular weight is 355 g/mol. The molecule has 2 heterocycles. The molecule has 0 aliphatic carbocycles. The predicted octanol–water partition coefficient (Wildman–Crippen LogP) is 1.59. The smallest absolute Gasteiger partial charge is 0.216 e. The van der Waals surface area contributed by atoms with Gasteiger partial charge in [-0.2, -0.15) is 0 Å². The van der Waals surface area contributed by atoms with E-state index in [2.05, 4.69) is 15.9 Å². The third-order valence-corrected chi connectivity index (χ3v) is 5.71. The van der Waals surface area contributed by atoms with Gasteiger partial charge in [-0.25, -0.2) is 0 Å². The van der Waals surface area contributed by atoms with Crippen LogP contribution in [-0.2, 0) is 0 Å². The molecule has 2 N–H and O–H groups in total. The van der Waals surface area contributed by atoms with Crippen LogP contribution in [-0.4, -0.2) is 58.9 Å². The van der Waals surface area contributed by atoms with Crippen LogP contribution >= 0.6 is 15.9 Å². The van der Waals surface area contributed by atoms with Crippen molar-refractivity contribution in [2.24, 2.45) is 5.92 Å². The molecule has 5 heteroatoms. The van der Waals surface area contributed by atoms with Gasteiger partial charge in [0.05, 0.1) is 19.7 Å². The highest BCUT2D eigenvalue weighted by molar-refractivity contribution is 9.10. The summed E-state index contributed by atoms with van der Waals surface area (Å²) in [5.74, 6) is 0.250. The summed E-state index contributed by atoms with van der Waals surface area (Å²) in [6, 6.07) is 7.46. The zero-order valence-electron chi connectivity index (χ0n) is 11.9. The van der Waals surface area contributed by atoms with Gasteiger partial charge in [0, 0.05) is 28.8 Å². The Hall–Kier alpha value is -0.750. The Kier molecular flexibility index (Phi) is 4.19. The minimum Gasteiger partial charge on any atom is -0.396 e. The number of benzene rings is 1. The van der Waals surface area contributed by atoms with Gasteiger partial charge in [-0.15, -0.1) is 0 Å². The maximum Gasteiger partial charge on any atom is 0.216 e. The van der Waals surface area contributed by atoms with Gasteiger partial charge in [0.15, 0.2) is 0 Å². The highest BCUT2D eigenvalue weighted by Gasteiger charge is 2.56. The SMILES string of the molecule is O=C(C[N+]12CCC(O)C1C(CO)CC2)c1ccc(Br)cc1. The number of hydrogen-bond donors (Lipinski definition) is 2. The van der Waals surface area contributed by atoms with Gasteiger partial charge >= 0.3 is 0 Å². The van der Waals surface area contributed by atoms with Crippen molar-refractivity contribution in [1.29, 1.82) is 0 Å². The molecule has 2 aliphatic heterocycles. The number of nitrogens with zero attached hydrogens (tertiary/aromatic N) is 1. The van der Waals surface area contributed by atoms with Crippen molar-refractivity contribution >= 4 is 21.7 Å². The number of ketones is 1. The summed E-state index contributed by atoms with van der Waals surface area (Å²) >= 11 is 3.38. The average Bonchev–Trinajstić information content (AvgIpc) is 2.98. The molecule has 21 heavy (non-hydrogen) atoms. The molecule has 0 saturated carbocycles. The van der Waals surface area contributed by atoms with Gasteiger partial charge in [-0.05, 0) is 12.1 Å². The van der Waals surface area contributed by atoms with Crippen LogP contribution in [0.15, 0.2) is 28.7 Å². The number of quaternary nitrogens is 1. The second-order valence-electron chi connectivity index (χ2n) is 6.33. The monoisotopic (exact) mass is 354 g/mol. The summed E-state index contributed by atoms with van der Waals surface area (Å²) in [4.78, 5) is 12.6. The van der Waals surface area contributed by atoms with Gasteiger partial charge in [-0.3, -0.25) is 4.79 Å². The van der Waals surface area contributed by atoms with Gasteiger partial charge in [-0.1, -0.05) is 28.1 Å². The van der Waals surface area contributed by atoms with E-state index in [4.69, 9.17) is 0 Å². The minimum atomic E-state index is -0.387. The molecule has 0 radical (unpaired) electrons. The molecule has 4 atom stereocenters. The van der Waals surface area contributed by atoms with E-state index < -0.39 is 0 Å². The highest BCUT2D eigenvalue weighted by atomic mass is 79.9. The van der Waals surface area contributed by atoms with Crippen LogP contribution in [0.2, 0.25) is 0 Å². The quantitative estimate of drug-likeness (QED) is 0.637. The number of halogens is 1. The van der Waals surface area contributed by atoms with Crippen molar-refractivity contribution < 1.29 is 19.5 Å². The van der Waals surface area contributed by atoms with Gasteiger partial charge in [0.1, 0.15) is 18.7 Å². The Balaban J connectivity index is 1.80. The standard InChI is InChI=1S/C16H21BrNO3/c17-13-3-1-11(2-4-13)15(21)9-18-7-5-12(10-19)16(18)14(20)6-8-18/h1-4,12,14,16,19-20H,5-10H2/q+1. The summed E-state index contributed by atoms with van der Waals surface area (Å²) in [5.41, 5.74) is 0.721. The fraction of sp³-hybridized carbons (Fsp3) is 0.562. The summed E-state index contributed by atoms with van der Waals surface area (Å²) in [7, 11) is 0. The maximum atomic E-state index is 12.6. The van der Waals surface area contributed by atoms with Crippen molar-refractivity contribution in [2.75, 3.05) is 26.2 Å². The van der Waals surface area contributed by atoms with E-state index in [1.807, 2.05) is 24.3 Å². The Morgan fingerprint density at radius 2 is 1.90 bits per heavy atom. The van der Waals surface area contributed by atoms with Crippen molar-refractivity contribution in [2.45, 2.75) is 25.0 Å². The largest absolute Gasteiger partial charge is 0.396 e. The summed E-state index contributed by atoms with van der Waals surface area (Å²) < 4.78 is 1.61. The topological polar surface area (TPSA) is 57.5 Å². The summed E-state index contributed by atoms with van der Waals surface area (Å²) in [6.45, 7) is 2.26. The van der Waals surface area contributed by atoms with Gasteiger partial charge < -0.3 is 14.7 Å². The first-order valence-corrected chi connectivity index (χ1v) is 8.28. The first-order chi connectivity index (χ1) is 10.1. The normalized spacial score (nSPS) is 34.9. The molecule has 114 valence electrons. The van der Waals surface area contributed by atoms with Crippen molar-refractivity contribution in [3.05, 3.63) is 34.3 Å². The zero-order valence-corrected chi connectivity index (χ0v) is 13.5. The van der Waals surface area contributed by atoms with Crippen LogP contribution < -0.4 is 0 Å². The Morgan fingerprint density at radius 3 is 2.57 bits per heavy atom. The predicted molar refractivity (Wildman–Crippen MR) is 82.9 cm³/mol. The molecule has 0 aromatic heterocycles. The zero-order chi connectivity index (χ0) is 15.0. The lowest BCUT2D eigenvalue weighted by molar-refractivity contribution is -0.922. The first-order valence-electron chi connectivity index (χ1n) is 7.49. The molecule has 0 amide bonds. The maximum absolute atomic E-state index is 12.6. The van der Waals surface area contributed by atoms with E-state index in [-0.39, 0.29) is 30.5 Å². The number of rotatable bonds is 4. The molecule has 4 unspecified atom stereocenters. The van der Waals surface area contributed by atoms with Crippen LogP contribution in [0.5, 0.6) is 0 Å². The van der Waals surface area contributed by atoms with Crippen LogP contribution in [0.3, 0.4) is 0 Å². The number of aliphatic hydroxyl groups is 2. The summed E-state index contributed by atoms with van der Waals surface area (Å²) in [6.07, 6.45) is 1.24. The molecular weight excluding hydrogens is 334 g/mol. The molecule has 2 saturated heterocycles. The molecule has 2 fully saturated rings. The van der Waals surface area contributed by atoms with Crippen molar-refractivity contribution in [3.63, 3.8) is 0 Å². The highest BCUT2D eigenvalue weighted by Crippen LogP contribution is 2.40.